The second-order valence-electron chi connectivity index (χ2n) is 7.61. The predicted molar refractivity (Wildman–Crippen MR) is 103 cm³/mol. The molecule has 0 aromatic carbocycles. The third kappa shape index (κ3) is 3.86. The standard InChI is InChI=1S/C21H31N3O3/c1-4-17-8-7-16(13-22-17)19(25)24-11-9-21(10-12-24)15-23(5-2)20(26)18(21)14-27-6-3/h7-8,13,18H,4-6,9-12,14-15H2,1-3H3. The third-order valence-corrected chi connectivity index (χ3v) is 6.21. The molecule has 2 saturated heterocycles. The van der Waals surface area contributed by atoms with Crippen molar-refractivity contribution in [3.63, 3.8) is 0 Å². The summed E-state index contributed by atoms with van der Waals surface area (Å²) >= 11 is 0. The van der Waals surface area contributed by atoms with Crippen LogP contribution < -0.4 is 0 Å². The van der Waals surface area contributed by atoms with Gasteiger partial charge in [0.05, 0.1) is 18.1 Å². The van der Waals surface area contributed by atoms with E-state index in [1.54, 1.807) is 6.20 Å². The molecule has 0 radical (unpaired) electrons. The molecule has 1 atom stereocenters. The second kappa shape index (κ2) is 8.38. The lowest BCUT2D eigenvalue weighted by Gasteiger charge is -2.41. The molecular formula is C21H31N3O3. The Morgan fingerprint density at radius 1 is 1.26 bits per heavy atom. The zero-order chi connectivity index (χ0) is 19.4. The number of carbonyl (C=O) groups is 2. The van der Waals surface area contributed by atoms with Crippen LogP contribution in [0.3, 0.4) is 0 Å². The lowest BCUT2D eigenvalue weighted by Crippen LogP contribution is -2.47. The van der Waals surface area contributed by atoms with Gasteiger partial charge in [0.25, 0.3) is 5.91 Å². The maximum Gasteiger partial charge on any atom is 0.255 e. The van der Waals surface area contributed by atoms with Gasteiger partial charge in [0.15, 0.2) is 0 Å². The van der Waals surface area contributed by atoms with E-state index in [1.165, 1.54) is 0 Å². The molecule has 2 aliphatic rings. The van der Waals surface area contributed by atoms with Gasteiger partial charge in [-0.2, -0.15) is 0 Å². The topological polar surface area (TPSA) is 62.7 Å². The number of amides is 2. The second-order valence-corrected chi connectivity index (χ2v) is 7.61. The fourth-order valence-corrected chi connectivity index (χ4v) is 4.41. The van der Waals surface area contributed by atoms with Crippen molar-refractivity contribution >= 4 is 11.8 Å². The van der Waals surface area contributed by atoms with E-state index in [0.717, 1.165) is 38.0 Å². The number of pyridine rings is 1. The summed E-state index contributed by atoms with van der Waals surface area (Å²) in [5, 5.41) is 0. The Bertz CT molecular complexity index is 666. The fourth-order valence-electron chi connectivity index (χ4n) is 4.41. The maximum atomic E-state index is 12.8. The molecule has 1 aromatic rings. The van der Waals surface area contributed by atoms with Crippen LogP contribution in [0.5, 0.6) is 0 Å². The molecule has 2 aliphatic heterocycles. The first kappa shape index (κ1) is 19.8. The number of ether oxygens (including phenoxy) is 1. The lowest BCUT2D eigenvalue weighted by molar-refractivity contribution is -0.133. The van der Waals surface area contributed by atoms with Crippen molar-refractivity contribution in [2.45, 2.75) is 40.0 Å². The number of aromatic nitrogens is 1. The van der Waals surface area contributed by atoms with Gasteiger partial charge >= 0.3 is 0 Å². The molecule has 3 heterocycles. The summed E-state index contributed by atoms with van der Waals surface area (Å²) in [6.07, 6.45) is 4.24. The van der Waals surface area contributed by atoms with Gasteiger partial charge in [-0.25, -0.2) is 0 Å². The molecule has 0 bridgehead atoms. The van der Waals surface area contributed by atoms with Gasteiger partial charge < -0.3 is 14.5 Å². The molecule has 1 unspecified atom stereocenters. The van der Waals surface area contributed by atoms with E-state index in [4.69, 9.17) is 4.74 Å². The van der Waals surface area contributed by atoms with Crippen molar-refractivity contribution in [1.29, 1.82) is 0 Å². The van der Waals surface area contributed by atoms with Crippen LogP contribution in [0.1, 0.15) is 49.7 Å². The molecule has 1 aromatic heterocycles. The van der Waals surface area contributed by atoms with Crippen LogP contribution in [0, 0.1) is 11.3 Å². The Kier molecular flexibility index (Phi) is 6.15. The molecule has 0 N–H and O–H groups in total. The average Bonchev–Trinajstić information content (AvgIpc) is 2.97. The average molecular weight is 373 g/mol. The van der Waals surface area contributed by atoms with Gasteiger partial charge in [0.2, 0.25) is 5.91 Å². The van der Waals surface area contributed by atoms with Crippen LogP contribution in [0.2, 0.25) is 0 Å². The lowest BCUT2D eigenvalue weighted by atomic mass is 9.71. The molecule has 1 spiro atoms. The highest BCUT2D eigenvalue weighted by Crippen LogP contribution is 2.45. The summed E-state index contributed by atoms with van der Waals surface area (Å²) in [6, 6.07) is 3.79. The molecular weight excluding hydrogens is 342 g/mol. The van der Waals surface area contributed by atoms with E-state index < -0.39 is 0 Å². The summed E-state index contributed by atoms with van der Waals surface area (Å²) < 4.78 is 5.64. The van der Waals surface area contributed by atoms with Crippen molar-refractivity contribution in [2.24, 2.45) is 11.3 Å². The molecule has 0 saturated carbocycles. The summed E-state index contributed by atoms with van der Waals surface area (Å²) in [6.45, 7) is 10.0. The predicted octanol–water partition coefficient (Wildman–Crippen LogP) is 2.38. The molecule has 148 valence electrons. The van der Waals surface area contributed by atoms with Gasteiger partial charge in [-0.15, -0.1) is 0 Å². The number of rotatable bonds is 6. The Morgan fingerprint density at radius 2 is 2.00 bits per heavy atom. The maximum absolute atomic E-state index is 12.8. The highest BCUT2D eigenvalue weighted by molar-refractivity contribution is 5.94. The van der Waals surface area contributed by atoms with E-state index >= 15 is 0 Å². The number of piperidine rings is 1. The highest BCUT2D eigenvalue weighted by Gasteiger charge is 2.52. The number of hydrogen-bond acceptors (Lipinski definition) is 4. The van der Waals surface area contributed by atoms with Crippen LogP contribution in [0.4, 0.5) is 0 Å². The Hall–Kier alpha value is -1.95. The zero-order valence-corrected chi connectivity index (χ0v) is 16.7. The van der Waals surface area contributed by atoms with Crippen molar-refractivity contribution in [3.05, 3.63) is 29.6 Å². The third-order valence-electron chi connectivity index (χ3n) is 6.21. The van der Waals surface area contributed by atoms with E-state index in [0.29, 0.717) is 31.9 Å². The molecule has 2 fully saturated rings. The molecule has 6 heteroatoms. The first-order valence-corrected chi connectivity index (χ1v) is 10.2. The minimum absolute atomic E-state index is 0.0398. The smallest absolute Gasteiger partial charge is 0.255 e. The van der Waals surface area contributed by atoms with Gasteiger partial charge in [-0.05, 0) is 45.2 Å². The van der Waals surface area contributed by atoms with Crippen LogP contribution in [-0.4, -0.2) is 66.0 Å². The molecule has 3 rings (SSSR count). The van der Waals surface area contributed by atoms with Gasteiger partial charge in [-0.1, -0.05) is 6.92 Å². The van der Waals surface area contributed by atoms with E-state index in [1.807, 2.05) is 35.8 Å². The number of nitrogens with zero attached hydrogens (tertiary/aromatic N) is 3. The first-order chi connectivity index (χ1) is 13.0. The highest BCUT2D eigenvalue weighted by atomic mass is 16.5. The van der Waals surface area contributed by atoms with E-state index in [9.17, 15) is 9.59 Å². The Balaban J connectivity index is 1.68. The van der Waals surface area contributed by atoms with Crippen molar-refractivity contribution in [3.8, 4) is 0 Å². The molecule has 0 aliphatic carbocycles. The summed E-state index contributed by atoms with van der Waals surface area (Å²) in [5.41, 5.74) is 1.57. The minimum Gasteiger partial charge on any atom is -0.381 e. The van der Waals surface area contributed by atoms with Crippen molar-refractivity contribution in [1.82, 2.24) is 14.8 Å². The van der Waals surface area contributed by atoms with Crippen molar-refractivity contribution < 1.29 is 14.3 Å². The van der Waals surface area contributed by atoms with Gasteiger partial charge in [0.1, 0.15) is 0 Å². The van der Waals surface area contributed by atoms with E-state index in [2.05, 4.69) is 11.9 Å². The monoisotopic (exact) mass is 373 g/mol. The van der Waals surface area contributed by atoms with Gasteiger partial charge in [-0.3, -0.25) is 14.6 Å². The number of likely N-dealkylation sites (tertiary alicyclic amines) is 2. The van der Waals surface area contributed by atoms with Crippen LogP contribution in [-0.2, 0) is 16.0 Å². The Morgan fingerprint density at radius 3 is 2.56 bits per heavy atom. The molecule has 27 heavy (non-hydrogen) atoms. The summed E-state index contributed by atoms with van der Waals surface area (Å²) in [4.78, 5) is 33.8. The van der Waals surface area contributed by atoms with E-state index in [-0.39, 0.29) is 23.1 Å². The zero-order valence-electron chi connectivity index (χ0n) is 16.7. The SMILES string of the molecule is CCOCC1C(=O)N(CC)CC12CCN(C(=O)c1ccc(CC)nc1)CC2. The van der Waals surface area contributed by atoms with Crippen LogP contribution in [0.15, 0.2) is 18.3 Å². The fraction of sp³-hybridized carbons (Fsp3) is 0.667. The number of carbonyl (C=O) groups excluding carboxylic acids is 2. The van der Waals surface area contributed by atoms with Gasteiger partial charge in [0, 0.05) is 50.1 Å². The molecule has 6 nitrogen and oxygen atoms in total. The Labute approximate surface area is 161 Å². The number of hydrogen-bond donors (Lipinski definition) is 0. The van der Waals surface area contributed by atoms with Crippen LogP contribution >= 0.6 is 0 Å². The molecule has 2 amide bonds. The first-order valence-electron chi connectivity index (χ1n) is 10.2. The largest absolute Gasteiger partial charge is 0.381 e. The van der Waals surface area contributed by atoms with Crippen LogP contribution in [0.25, 0.3) is 0 Å². The van der Waals surface area contributed by atoms with Crippen molar-refractivity contribution in [2.75, 3.05) is 39.4 Å². The summed E-state index contributed by atoms with van der Waals surface area (Å²) in [5.74, 6) is 0.170. The quantitative estimate of drug-likeness (QED) is 0.768. The summed E-state index contributed by atoms with van der Waals surface area (Å²) in [7, 11) is 0. The minimum atomic E-state index is -0.0832. The number of aryl methyl sites for hydroxylation is 1. The normalized spacial score (nSPS) is 21.9.